The summed E-state index contributed by atoms with van der Waals surface area (Å²) in [5.74, 6) is 0.875. The SMILES string of the molecule is FC(F)(F)c1ccc2c(c1)nc(CCl)n2C1CCCC1. The van der Waals surface area contributed by atoms with Crippen LogP contribution in [0.4, 0.5) is 13.2 Å². The van der Waals surface area contributed by atoms with Gasteiger partial charge in [0.05, 0.1) is 22.5 Å². The highest BCUT2D eigenvalue weighted by atomic mass is 35.5. The minimum absolute atomic E-state index is 0.215. The predicted molar refractivity (Wildman–Crippen MR) is 71.8 cm³/mol. The molecule has 108 valence electrons. The Hall–Kier alpha value is -1.23. The first kappa shape index (κ1) is 13.7. The van der Waals surface area contributed by atoms with E-state index in [0.717, 1.165) is 43.3 Å². The lowest BCUT2D eigenvalue weighted by Crippen LogP contribution is -2.08. The molecule has 1 aromatic heterocycles. The van der Waals surface area contributed by atoms with Gasteiger partial charge in [-0.25, -0.2) is 4.98 Å². The highest BCUT2D eigenvalue weighted by Crippen LogP contribution is 2.36. The molecule has 6 heteroatoms. The van der Waals surface area contributed by atoms with Crippen molar-refractivity contribution in [1.29, 1.82) is 0 Å². The molecule has 2 aromatic rings. The molecule has 3 rings (SSSR count). The van der Waals surface area contributed by atoms with E-state index in [4.69, 9.17) is 11.6 Å². The lowest BCUT2D eigenvalue weighted by atomic mass is 10.1. The summed E-state index contributed by atoms with van der Waals surface area (Å²) in [6.07, 6.45) is 0.0264. The Morgan fingerprint density at radius 3 is 2.55 bits per heavy atom. The zero-order valence-corrected chi connectivity index (χ0v) is 11.5. The first-order valence-electron chi connectivity index (χ1n) is 6.64. The molecule has 1 heterocycles. The summed E-state index contributed by atoms with van der Waals surface area (Å²) in [7, 11) is 0. The summed E-state index contributed by atoms with van der Waals surface area (Å²) >= 11 is 5.91. The van der Waals surface area contributed by atoms with Gasteiger partial charge in [0.1, 0.15) is 5.82 Å². The second-order valence-corrected chi connectivity index (χ2v) is 5.44. The molecule has 0 unspecified atom stereocenters. The highest BCUT2D eigenvalue weighted by Gasteiger charge is 2.31. The van der Waals surface area contributed by atoms with Crippen LogP contribution in [0, 0.1) is 0 Å². The van der Waals surface area contributed by atoms with Gasteiger partial charge >= 0.3 is 6.18 Å². The van der Waals surface area contributed by atoms with Gasteiger partial charge in [-0.3, -0.25) is 0 Å². The topological polar surface area (TPSA) is 17.8 Å². The maximum Gasteiger partial charge on any atom is 0.416 e. The third-order valence-corrected chi connectivity index (χ3v) is 4.14. The van der Waals surface area contributed by atoms with E-state index in [0.29, 0.717) is 17.4 Å². The molecule has 1 aliphatic rings. The molecular formula is C14H14ClF3N2. The molecule has 0 amide bonds. The molecule has 1 saturated carbocycles. The maximum absolute atomic E-state index is 12.7. The predicted octanol–water partition coefficient (Wildman–Crippen LogP) is 4.91. The van der Waals surface area contributed by atoms with Crippen LogP contribution >= 0.6 is 11.6 Å². The largest absolute Gasteiger partial charge is 0.416 e. The molecule has 1 aliphatic carbocycles. The van der Waals surface area contributed by atoms with Gasteiger partial charge in [-0.15, -0.1) is 11.6 Å². The van der Waals surface area contributed by atoms with Gasteiger partial charge in [0.15, 0.2) is 0 Å². The monoisotopic (exact) mass is 302 g/mol. The molecule has 0 atom stereocenters. The summed E-state index contributed by atoms with van der Waals surface area (Å²) in [6, 6.07) is 4.05. The van der Waals surface area contributed by atoms with Crippen LogP contribution in [0.25, 0.3) is 11.0 Å². The maximum atomic E-state index is 12.7. The summed E-state index contributed by atoms with van der Waals surface area (Å²) in [5, 5.41) is 0. The van der Waals surface area contributed by atoms with E-state index in [1.807, 2.05) is 4.57 Å². The number of halogens is 4. The van der Waals surface area contributed by atoms with E-state index in [1.165, 1.54) is 6.07 Å². The van der Waals surface area contributed by atoms with Gasteiger partial charge in [-0.1, -0.05) is 12.8 Å². The average Bonchev–Trinajstić information content (AvgIpc) is 3.02. The van der Waals surface area contributed by atoms with Crippen molar-refractivity contribution in [1.82, 2.24) is 9.55 Å². The molecule has 0 aliphatic heterocycles. The Labute approximate surface area is 119 Å². The van der Waals surface area contributed by atoms with Crippen molar-refractivity contribution in [3.05, 3.63) is 29.6 Å². The zero-order valence-electron chi connectivity index (χ0n) is 10.8. The lowest BCUT2D eigenvalue weighted by molar-refractivity contribution is -0.137. The van der Waals surface area contributed by atoms with E-state index < -0.39 is 11.7 Å². The Morgan fingerprint density at radius 1 is 1.25 bits per heavy atom. The van der Waals surface area contributed by atoms with Crippen molar-refractivity contribution in [2.45, 2.75) is 43.8 Å². The van der Waals surface area contributed by atoms with E-state index in [9.17, 15) is 13.2 Å². The molecule has 1 aromatic carbocycles. The number of imidazole rings is 1. The molecule has 20 heavy (non-hydrogen) atoms. The molecule has 0 bridgehead atoms. The van der Waals surface area contributed by atoms with Gasteiger partial charge < -0.3 is 4.57 Å². The smallest absolute Gasteiger partial charge is 0.324 e. The van der Waals surface area contributed by atoms with Crippen LogP contribution in [-0.4, -0.2) is 9.55 Å². The number of hydrogen-bond donors (Lipinski definition) is 0. The summed E-state index contributed by atoms with van der Waals surface area (Å²) < 4.78 is 40.3. The normalized spacial score (nSPS) is 17.2. The fourth-order valence-corrected chi connectivity index (χ4v) is 3.18. The van der Waals surface area contributed by atoms with Crippen molar-refractivity contribution in [3.8, 4) is 0 Å². The number of benzene rings is 1. The van der Waals surface area contributed by atoms with E-state index in [-0.39, 0.29) is 5.88 Å². The fourth-order valence-electron chi connectivity index (χ4n) is 2.99. The lowest BCUT2D eigenvalue weighted by Gasteiger charge is -2.15. The summed E-state index contributed by atoms with van der Waals surface area (Å²) in [5.41, 5.74) is 0.463. The van der Waals surface area contributed by atoms with Crippen LogP contribution in [0.5, 0.6) is 0 Å². The standard InChI is InChI=1S/C14H14ClF3N2/c15-8-13-19-11-7-9(14(16,17)18)5-6-12(11)20(13)10-3-1-2-4-10/h5-7,10H,1-4,8H2. The molecule has 2 nitrogen and oxygen atoms in total. The third kappa shape index (κ3) is 2.28. The van der Waals surface area contributed by atoms with Gasteiger partial charge in [0.25, 0.3) is 0 Å². The molecular weight excluding hydrogens is 289 g/mol. The third-order valence-electron chi connectivity index (χ3n) is 3.90. The van der Waals surface area contributed by atoms with Crippen LogP contribution < -0.4 is 0 Å². The summed E-state index contributed by atoms with van der Waals surface area (Å²) in [6.45, 7) is 0. The number of fused-ring (bicyclic) bond motifs is 1. The van der Waals surface area contributed by atoms with Gasteiger partial charge in [-0.2, -0.15) is 13.2 Å². The van der Waals surface area contributed by atoms with Crippen LogP contribution in [0.3, 0.4) is 0 Å². The Morgan fingerprint density at radius 2 is 1.95 bits per heavy atom. The van der Waals surface area contributed by atoms with Crippen LogP contribution in [0.1, 0.15) is 43.1 Å². The first-order chi connectivity index (χ1) is 9.50. The second kappa shape index (κ2) is 4.95. The van der Waals surface area contributed by atoms with E-state index >= 15 is 0 Å². The van der Waals surface area contributed by atoms with Gasteiger partial charge in [-0.05, 0) is 31.0 Å². The van der Waals surface area contributed by atoms with Crippen LogP contribution in [0.15, 0.2) is 18.2 Å². The Bertz CT molecular complexity index is 627. The number of nitrogens with zero attached hydrogens (tertiary/aromatic N) is 2. The average molecular weight is 303 g/mol. The fraction of sp³-hybridized carbons (Fsp3) is 0.500. The molecule has 0 radical (unpaired) electrons. The van der Waals surface area contributed by atoms with Gasteiger partial charge in [0.2, 0.25) is 0 Å². The Kier molecular flexibility index (Phi) is 3.40. The second-order valence-electron chi connectivity index (χ2n) is 5.17. The Balaban J connectivity index is 2.14. The van der Waals surface area contributed by atoms with Crippen LogP contribution in [0.2, 0.25) is 0 Å². The van der Waals surface area contributed by atoms with Crippen molar-refractivity contribution in [2.24, 2.45) is 0 Å². The minimum atomic E-state index is -4.34. The van der Waals surface area contributed by atoms with Crippen molar-refractivity contribution in [3.63, 3.8) is 0 Å². The van der Waals surface area contributed by atoms with Crippen molar-refractivity contribution in [2.75, 3.05) is 0 Å². The molecule has 0 saturated heterocycles. The molecule has 1 fully saturated rings. The number of alkyl halides is 4. The quantitative estimate of drug-likeness (QED) is 0.721. The van der Waals surface area contributed by atoms with Crippen molar-refractivity contribution >= 4 is 22.6 Å². The number of rotatable bonds is 2. The highest BCUT2D eigenvalue weighted by molar-refractivity contribution is 6.16. The van der Waals surface area contributed by atoms with E-state index in [2.05, 4.69) is 4.98 Å². The summed E-state index contributed by atoms with van der Waals surface area (Å²) in [4.78, 5) is 4.28. The minimum Gasteiger partial charge on any atom is -0.324 e. The van der Waals surface area contributed by atoms with E-state index in [1.54, 1.807) is 0 Å². The first-order valence-corrected chi connectivity index (χ1v) is 7.18. The molecule has 0 N–H and O–H groups in total. The zero-order chi connectivity index (χ0) is 14.3. The molecule has 0 spiro atoms. The number of hydrogen-bond acceptors (Lipinski definition) is 1. The van der Waals surface area contributed by atoms with Crippen molar-refractivity contribution < 1.29 is 13.2 Å². The van der Waals surface area contributed by atoms with Gasteiger partial charge in [0, 0.05) is 6.04 Å². The van der Waals surface area contributed by atoms with Crippen LogP contribution in [-0.2, 0) is 12.1 Å². The number of aromatic nitrogens is 2.